The Hall–Kier alpha value is -3.06. The highest BCUT2D eigenvalue weighted by molar-refractivity contribution is 7.92. The molecule has 0 saturated carbocycles. The van der Waals surface area contributed by atoms with Crippen molar-refractivity contribution in [1.29, 1.82) is 0 Å². The highest BCUT2D eigenvalue weighted by Crippen LogP contribution is 2.25. The maximum absolute atomic E-state index is 13.0. The number of ether oxygens (including phenoxy) is 1. The molecular weight excluding hydrogens is 400 g/mol. The Bertz CT molecular complexity index is 1130. The van der Waals surface area contributed by atoms with Gasteiger partial charge in [0, 0.05) is 6.54 Å². The van der Waals surface area contributed by atoms with Gasteiger partial charge in [0.15, 0.2) is 0 Å². The van der Waals surface area contributed by atoms with Crippen molar-refractivity contribution in [2.75, 3.05) is 17.7 Å². The maximum Gasteiger partial charge on any atom is 0.244 e. The lowest BCUT2D eigenvalue weighted by molar-refractivity contribution is -0.122. The molecule has 1 N–H and O–H groups in total. The van der Waals surface area contributed by atoms with Crippen LogP contribution < -0.4 is 14.4 Å². The van der Waals surface area contributed by atoms with Crippen LogP contribution >= 0.6 is 0 Å². The summed E-state index contributed by atoms with van der Waals surface area (Å²) in [5.41, 5.74) is 1.37. The quantitative estimate of drug-likeness (QED) is 0.596. The molecule has 3 aromatic rings. The molecule has 0 aliphatic rings. The zero-order chi connectivity index (χ0) is 21.7. The molecule has 0 heterocycles. The molecule has 0 fully saturated rings. The normalized spacial score (nSPS) is 12.4. The van der Waals surface area contributed by atoms with Crippen molar-refractivity contribution in [2.24, 2.45) is 0 Å². The predicted octanol–water partition coefficient (Wildman–Crippen LogP) is 3.71. The van der Waals surface area contributed by atoms with E-state index in [9.17, 15) is 13.2 Å². The molecule has 0 unspecified atom stereocenters. The van der Waals surface area contributed by atoms with Crippen LogP contribution in [0.1, 0.15) is 18.9 Å². The average molecular weight is 427 g/mol. The van der Waals surface area contributed by atoms with E-state index in [0.29, 0.717) is 24.4 Å². The van der Waals surface area contributed by atoms with E-state index in [1.165, 1.54) is 4.31 Å². The minimum atomic E-state index is -3.67. The zero-order valence-corrected chi connectivity index (χ0v) is 18.1. The summed E-state index contributed by atoms with van der Waals surface area (Å²) in [5, 5.41) is 5.11. The number of sulfonamides is 1. The second kappa shape index (κ2) is 9.17. The summed E-state index contributed by atoms with van der Waals surface area (Å²) in [6, 6.07) is 19.8. The third kappa shape index (κ3) is 4.91. The average Bonchev–Trinajstić information content (AvgIpc) is 2.75. The zero-order valence-electron chi connectivity index (χ0n) is 17.3. The van der Waals surface area contributed by atoms with Crippen LogP contribution in [0.3, 0.4) is 0 Å². The first-order valence-electron chi connectivity index (χ1n) is 9.72. The number of nitrogens with one attached hydrogen (secondary N) is 1. The van der Waals surface area contributed by atoms with Crippen LogP contribution in [0, 0.1) is 0 Å². The second-order valence-electron chi connectivity index (χ2n) is 7.08. The molecule has 7 heteroatoms. The SMILES string of the molecule is CC[C@H](C(=O)NCc1ccc2ccccc2c1)N(c1ccc(OC)cc1)S(C)(=O)=O. The van der Waals surface area contributed by atoms with E-state index in [1.54, 1.807) is 38.3 Å². The van der Waals surface area contributed by atoms with Gasteiger partial charge in [0.2, 0.25) is 15.9 Å². The van der Waals surface area contributed by atoms with E-state index < -0.39 is 16.1 Å². The first-order valence-corrected chi connectivity index (χ1v) is 11.6. The fraction of sp³-hybridized carbons (Fsp3) is 0.261. The van der Waals surface area contributed by atoms with Gasteiger partial charge in [-0.3, -0.25) is 9.10 Å². The minimum absolute atomic E-state index is 0.320. The van der Waals surface area contributed by atoms with Crippen LogP contribution in [0.15, 0.2) is 66.7 Å². The summed E-state index contributed by atoms with van der Waals surface area (Å²) < 4.78 is 31.4. The fourth-order valence-corrected chi connectivity index (χ4v) is 4.66. The highest BCUT2D eigenvalue weighted by atomic mass is 32.2. The van der Waals surface area contributed by atoms with Crippen LogP contribution in [0.2, 0.25) is 0 Å². The Morgan fingerprint density at radius 1 is 1.03 bits per heavy atom. The van der Waals surface area contributed by atoms with Crippen molar-refractivity contribution >= 4 is 32.4 Å². The molecule has 3 aromatic carbocycles. The van der Waals surface area contributed by atoms with E-state index in [4.69, 9.17) is 4.74 Å². The Morgan fingerprint density at radius 3 is 2.30 bits per heavy atom. The van der Waals surface area contributed by atoms with Crippen molar-refractivity contribution in [3.63, 3.8) is 0 Å². The standard InChI is InChI=1S/C23H26N2O4S/c1-4-22(25(30(3,27)28)20-11-13-21(29-2)14-12-20)23(26)24-16-17-9-10-18-7-5-6-8-19(18)15-17/h5-15,22H,4,16H2,1-3H3,(H,24,26)/t22-/m1/s1. The second-order valence-corrected chi connectivity index (χ2v) is 8.94. The number of hydrogen-bond acceptors (Lipinski definition) is 4. The molecular formula is C23H26N2O4S. The lowest BCUT2D eigenvalue weighted by Crippen LogP contribution is -2.49. The number of methoxy groups -OCH3 is 1. The smallest absolute Gasteiger partial charge is 0.244 e. The summed E-state index contributed by atoms with van der Waals surface area (Å²) in [6.45, 7) is 2.11. The van der Waals surface area contributed by atoms with Crippen molar-refractivity contribution < 1.29 is 17.9 Å². The molecule has 0 radical (unpaired) electrons. The van der Waals surface area contributed by atoms with E-state index in [-0.39, 0.29) is 5.91 Å². The lowest BCUT2D eigenvalue weighted by atomic mass is 10.1. The van der Waals surface area contributed by atoms with Crippen LogP contribution in [0.5, 0.6) is 5.75 Å². The number of carbonyl (C=O) groups is 1. The van der Waals surface area contributed by atoms with Crippen molar-refractivity contribution in [1.82, 2.24) is 5.32 Å². The largest absolute Gasteiger partial charge is 0.497 e. The molecule has 0 saturated heterocycles. The van der Waals surface area contributed by atoms with Crippen LogP contribution in [0.4, 0.5) is 5.69 Å². The molecule has 158 valence electrons. The number of nitrogens with zero attached hydrogens (tertiary/aromatic N) is 1. The predicted molar refractivity (Wildman–Crippen MR) is 120 cm³/mol. The van der Waals surface area contributed by atoms with Gasteiger partial charge >= 0.3 is 0 Å². The molecule has 0 spiro atoms. The first kappa shape index (κ1) is 21.6. The van der Waals surface area contributed by atoms with Gasteiger partial charge in [0.25, 0.3) is 0 Å². The summed E-state index contributed by atoms with van der Waals surface area (Å²) in [4.78, 5) is 13.0. The van der Waals surface area contributed by atoms with Gasteiger partial charge in [-0.1, -0.05) is 43.3 Å². The fourth-order valence-electron chi connectivity index (χ4n) is 3.45. The number of hydrogen-bond donors (Lipinski definition) is 1. The first-order chi connectivity index (χ1) is 14.3. The Balaban J connectivity index is 1.80. The van der Waals surface area contributed by atoms with E-state index >= 15 is 0 Å². The van der Waals surface area contributed by atoms with Gasteiger partial charge in [0.1, 0.15) is 11.8 Å². The van der Waals surface area contributed by atoms with E-state index in [1.807, 2.05) is 42.5 Å². The van der Waals surface area contributed by atoms with Gasteiger partial charge < -0.3 is 10.1 Å². The molecule has 0 bridgehead atoms. The summed E-state index contributed by atoms with van der Waals surface area (Å²) in [6.07, 6.45) is 1.44. The lowest BCUT2D eigenvalue weighted by Gasteiger charge is -2.30. The third-order valence-electron chi connectivity index (χ3n) is 4.94. The molecule has 3 rings (SSSR count). The molecule has 6 nitrogen and oxygen atoms in total. The number of benzene rings is 3. The molecule has 0 aliphatic carbocycles. The molecule has 30 heavy (non-hydrogen) atoms. The van der Waals surface area contributed by atoms with Crippen LogP contribution in [0.25, 0.3) is 10.8 Å². The van der Waals surface area contributed by atoms with E-state index in [2.05, 4.69) is 5.32 Å². The van der Waals surface area contributed by atoms with Crippen molar-refractivity contribution in [3.05, 3.63) is 72.3 Å². The maximum atomic E-state index is 13.0. The summed E-state index contributed by atoms with van der Waals surface area (Å²) >= 11 is 0. The van der Waals surface area contributed by atoms with Gasteiger partial charge in [-0.05, 0) is 53.1 Å². The summed E-state index contributed by atoms with van der Waals surface area (Å²) in [7, 11) is -2.13. The highest BCUT2D eigenvalue weighted by Gasteiger charge is 2.31. The van der Waals surface area contributed by atoms with Crippen molar-refractivity contribution in [3.8, 4) is 5.75 Å². The van der Waals surface area contributed by atoms with Crippen LogP contribution in [-0.4, -0.2) is 33.7 Å². The van der Waals surface area contributed by atoms with Gasteiger partial charge in [-0.25, -0.2) is 8.42 Å². The van der Waals surface area contributed by atoms with Gasteiger partial charge in [-0.2, -0.15) is 0 Å². The van der Waals surface area contributed by atoms with Crippen LogP contribution in [-0.2, 0) is 21.4 Å². The summed E-state index contributed by atoms with van der Waals surface area (Å²) in [5.74, 6) is 0.271. The number of rotatable bonds is 8. The molecule has 1 atom stereocenters. The number of carbonyl (C=O) groups excluding carboxylic acids is 1. The third-order valence-corrected chi connectivity index (χ3v) is 6.12. The Labute approximate surface area is 177 Å². The molecule has 0 aromatic heterocycles. The van der Waals surface area contributed by atoms with Crippen molar-refractivity contribution in [2.45, 2.75) is 25.9 Å². The molecule has 1 amide bonds. The minimum Gasteiger partial charge on any atom is -0.497 e. The number of anilines is 1. The van der Waals surface area contributed by atoms with E-state index in [0.717, 1.165) is 22.6 Å². The Kier molecular flexibility index (Phi) is 6.62. The topological polar surface area (TPSA) is 75.7 Å². The molecule has 0 aliphatic heterocycles. The number of amides is 1. The monoisotopic (exact) mass is 426 g/mol. The van der Waals surface area contributed by atoms with Gasteiger partial charge in [0.05, 0.1) is 19.1 Å². The number of fused-ring (bicyclic) bond motifs is 1. The Morgan fingerprint density at radius 2 is 1.70 bits per heavy atom. The van der Waals surface area contributed by atoms with Gasteiger partial charge in [-0.15, -0.1) is 0 Å².